The normalized spacial score (nSPS) is 19.0. The van der Waals surface area contributed by atoms with Crippen LogP contribution in [0.15, 0.2) is 12.1 Å². The highest BCUT2D eigenvalue weighted by molar-refractivity contribution is 5.93. The Bertz CT molecular complexity index is 779. The predicted octanol–water partition coefficient (Wildman–Crippen LogP) is 4.28. The van der Waals surface area contributed by atoms with E-state index in [0.29, 0.717) is 17.2 Å². The van der Waals surface area contributed by atoms with E-state index in [-0.39, 0.29) is 18.7 Å². The summed E-state index contributed by atoms with van der Waals surface area (Å²) in [6.07, 6.45) is 3.36. The lowest BCUT2D eigenvalue weighted by Crippen LogP contribution is -2.46. The number of nitrogens with zero attached hydrogens (tertiary/aromatic N) is 2. The summed E-state index contributed by atoms with van der Waals surface area (Å²) in [4.78, 5) is 28.7. The summed E-state index contributed by atoms with van der Waals surface area (Å²) in [5.74, 6) is -0.396. The molecule has 1 aliphatic rings. The van der Waals surface area contributed by atoms with Crippen LogP contribution >= 0.6 is 0 Å². The number of aliphatic hydroxyl groups is 1. The van der Waals surface area contributed by atoms with Gasteiger partial charge in [-0.3, -0.25) is 0 Å². The molecule has 174 valence electrons. The first-order valence-corrected chi connectivity index (χ1v) is 11.1. The molecule has 0 unspecified atom stereocenters. The van der Waals surface area contributed by atoms with Crippen molar-refractivity contribution in [2.75, 3.05) is 25.6 Å². The van der Waals surface area contributed by atoms with Crippen molar-refractivity contribution in [3.8, 4) is 0 Å². The number of carbonyl (C=O) groups is 2. The van der Waals surface area contributed by atoms with E-state index in [4.69, 9.17) is 9.47 Å². The Morgan fingerprint density at radius 3 is 2.19 bits per heavy atom. The molecular weight excluding hydrogens is 396 g/mol. The number of ether oxygens (including phenoxy) is 2. The van der Waals surface area contributed by atoms with Gasteiger partial charge >= 0.3 is 12.1 Å². The van der Waals surface area contributed by atoms with Gasteiger partial charge < -0.3 is 24.4 Å². The zero-order valence-corrected chi connectivity index (χ0v) is 20.0. The highest BCUT2D eigenvalue weighted by Crippen LogP contribution is 2.33. The minimum absolute atomic E-state index is 0.137. The van der Waals surface area contributed by atoms with Crippen LogP contribution in [-0.2, 0) is 16.1 Å². The Labute approximate surface area is 186 Å². The number of anilines is 1. The van der Waals surface area contributed by atoms with Crippen LogP contribution < -0.4 is 4.90 Å². The molecule has 0 spiro atoms. The minimum atomic E-state index is -0.506. The molecule has 1 fully saturated rings. The fraction of sp³-hybridized carbons (Fsp3) is 0.667. The average molecular weight is 435 g/mol. The molecule has 0 heterocycles. The number of hydrogen-bond acceptors (Lipinski definition) is 6. The molecule has 1 aromatic rings. The Balaban J connectivity index is 2.17. The second kappa shape index (κ2) is 10.4. The van der Waals surface area contributed by atoms with Gasteiger partial charge in [0.25, 0.3) is 0 Å². The van der Waals surface area contributed by atoms with Gasteiger partial charge in [0.2, 0.25) is 0 Å². The highest BCUT2D eigenvalue weighted by Gasteiger charge is 2.32. The third-order valence-electron chi connectivity index (χ3n) is 6.01. The molecule has 0 bridgehead atoms. The van der Waals surface area contributed by atoms with Crippen molar-refractivity contribution in [2.45, 2.75) is 84.6 Å². The second-order valence-corrected chi connectivity index (χ2v) is 9.28. The van der Waals surface area contributed by atoms with Gasteiger partial charge in [0.15, 0.2) is 0 Å². The highest BCUT2D eigenvalue weighted by atomic mass is 16.6. The van der Waals surface area contributed by atoms with Crippen LogP contribution in [-0.4, -0.2) is 60.5 Å². The van der Waals surface area contributed by atoms with Crippen LogP contribution in [0.3, 0.4) is 0 Å². The van der Waals surface area contributed by atoms with E-state index in [0.717, 1.165) is 43.5 Å². The first-order valence-electron chi connectivity index (χ1n) is 11.1. The van der Waals surface area contributed by atoms with Crippen LogP contribution in [0.2, 0.25) is 0 Å². The molecule has 7 heteroatoms. The van der Waals surface area contributed by atoms with Crippen LogP contribution in [0.1, 0.15) is 74.9 Å². The number of benzene rings is 1. The summed E-state index contributed by atoms with van der Waals surface area (Å²) in [6, 6.07) is 4.11. The van der Waals surface area contributed by atoms with E-state index in [1.54, 1.807) is 11.0 Å². The zero-order valence-electron chi connectivity index (χ0n) is 20.0. The average Bonchev–Trinajstić information content (AvgIpc) is 2.73. The Hall–Kier alpha value is -2.28. The minimum Gasteiger partial charge on any atom is -0.465 e. The van der Waals surface area contributed by atoms with Crippen LogP contribution in [0.4, 0.5) is 10.5 Å². The fourth-order valence-corrected chi connectivity index (χ4v) is 4.33. The number of carbonyl (C=O) groups excluding carboxylic acids is 2. The summed E-state index contributed by atoms with van der Waals surface area (Å²) >= 11 is 0. The maximum Gasteiger partial charge on any atom is 0.410 e. The number of hydrogen-bond donors (Lipinski definition) is 1. The number of esters is 1. The van der Waals surface area contributed by atoms with Crippen molar-refractivity contribution in [3.05, 3.63) is 28.8 Å². The maximum absolute atomic E-state index is 12.4. The second-order valence-electron chi connectivity index (χ2n) is 9.28. The lowest BCUT2D eigenvalue weighted by atomic mass is 9.88. The number of methoxy groups -OCH3 is 1. The monoisotopic (exact) mass is 434 g/mol. The largest absolute Gasteiger partial charge is 0.465 e. The molecule has 0 saturated heterocycles. The molecule has 0 atom stereocenters. The van der Waals surface area contributed by atoms with Crippen molar-refractivity contribution in [1.82, 2.24) is 4.90 Å². The molecule has 7 nitrogen and oxygen atoms in total. The maximum atomic E-state index is 12.4. The third kappa shape index (κ3) is 6.12. The fourth-order valence-electron chi connectivity index (χ4n) is 4.33. The van der Waals surface area contributed by atoms with Crippen molar-refractivity contribution in [3.63, 3.8) is 0 Å². The third-order valence-corrected chi connectivity index (χ3v) is 6.01. The molecule has 1 aromatic carbocycles. The van der Waals surface area contributed by atoms with Gasteiger partial charge in [-0.05, 0) is 83.6 Å². The lowest BCUT2D eigenvalue weighted by molar-refractivity contribution is 0.0183. The van der Waals surface area contributed by atoms with Crippen molar-refractivity contribution in [1.29, 1.82) is 0 Å². The van der Waals surface area contributed by atoms with Gasteiger partial charge in [0.05, 0.1) is 19.3 Å². The van der Waals surface area contributed by atoms with E-state index < -0.39 is 11.6 Å². The lowest BCUT2D eigenvalue weighted by Gasteiger charge is -2.41. The van der Waals surface area contributed by atoms with Gasteiger partial charge in [-0.15, -0.1) is 0 Å². The van der Waals surface area contributed by atoms with Crippen molar-refractivity contribution < 1.29 is 24.2 Å². The molecule has 0 radical (unpaired) electrons. The summed E-state index contributed by atoms with van der Waals surface area (Å²) < 4.78 is 10.5. The summed E-state index contributed by atoms with van der Waals surface area (Å²) in [7, 11) is 3.18. The van der Waals surface area contributed by atoms with Gasteiger partial charge in [-0.25, -0.2) is 9.59 Å². The number of rotatable bonds is 6. The zero-order chi connectivity index (χ0) is 23.3. The van der Waals surface area contributed by atoms with Gasteiger partial charge in [-0.2, -0.15) is 0 Å². The number of aliphatic hydroxyl groups excluding tert-OH is 1. The van der Waals surface area contributed by atoms with Crippen LogP contribution in [0.5, 0.6) is 0 Å². The van der Waals surface area contributed by atoms with E-state index in [1.807, 2.05) is 40.8 Å². The molecule has 1 saturated carbocycles. The van der Waals surface area contributed by atoms with E-state index in [2.05, 4.69) is 11.8 Å². The molecular formula is C24H38N2O5. The molecule has 0 aromatic heterocycles. The SMILES string of the molecule is CCN(c1cc(CO)cc(C(=O)OC)c1C)C1CCC(N(C)C(=O)OC(C)(C)C)CC1. The Morgan fingerprint density at radius 2 is 1.71 bits per heavy atom. The molecule has 1 amide bonds. The Kier molecular flexibility index (Phi) is 8.34. The van der Waals surface area contributed by atoms with E-state index in [9.17, 15) is 14.7 Å². The van der Waals surface area contributed by atoms with Crippen LogP contribution in [0, 0.1) is 6.92 Å². The Morgan fingerprint density at radius 1 is 1.13 bits per heavy atom. The molecule has 1 aliphatic carbocycles. The molecule has 2 rings (SSSR count). The number of amides is 1. The topological polar surface area (TPSA) is 79.3 Å². The van der Waals surface area contributed by atoms with Crippen LogP contribution in [0.25, 0.3) is 0 Å². The molecule has 1 N–H and O–H groups in total. The van der Waals surface area contributed by atoms with E-state index in [1.165, 1.54) is 7.11 Å². The van der Waals surface area contributed by atoms with Crippen molar-refractivity contribution in [2.24, 2.45) is 0 Å². The standard InChI is InChI=1S/C24H38N2O5/c1-8-26(21-14-17(15-27)13-20(16(21)2)22(28)30-7)19-11-9-18(10-12-19)25(6)23(29)31-24(3,4)5/h13-14,18-19,27H,8-12,15H2,1-7H3. The van der Waals surface area contributed by atoms with E-state index >= 15 is 0 Å². The van der Waals surface area contributed by atoms with Gasteiger partial charge in [-0.1, -0.05) is 0 Å². The quantitative estimate of drug-likeness (QED) is 0.674. The summed E-state index contributed by atoms with van der Waals surface area (Å²) in [6.45, 7) is 10.3. The summed E-state index contributed by atoms with van der Waals surface area (Å²) in [5, 5.41) is 9.71. The first kappa shape index (κ1) is 25.0. The first-order chi connectivity index (χ1) is 14.5. The van der Waals surface area contributed by atoms with Gasteiger partial charge in [0.1, 0.15) is 5.60 Å². The summed E-state index contributed by atoms with van der Waals surface area (Å²) in [5.41, 5.74) is 2.49. The smallest absolute Gasteiger partial charge is 0.410 e. The molecule has 0 aliphatic heterocycles. The molecule has 31 heavy (non-hydrogen) atoms. The van der Waals surface area contributed by atoms with Gasteiger partial charge in [0, 0.05) is 31.4 Å². The van der Waals surface area contributed by atoms with Crippen molar-refractivity contribution >= 4 is 17.7 Å². The predicted molar refractivity (Wildman–Crippen MR) is 122 cm³/mol.